The molecule has 0 N–H and O–H groups in total. The summed E-state index contributed by atoms with van der Waals surface area (Å²) in [5.74, 6) is 1.15. The van der Waals surface area contributed by atoms with Gasteiger partial charge in [-0.15, -0.1) is 0 Å². The third-order valence-electron chi connectivity index (χ3n) is 3.20. The van der Waals surface area contributed by atoms with E-state index >= 15 is 0 Å². The maximum absolute atomic E-state index is 11.5. The highest BCUT2D eigenvalue weighted by atomic mass is 16.5. The zero-order chi connectivity index (χ0) is 12.4. The minimum absolute atomic E-state index is 0.327. The molecule has 1 saturated carbocycles. The molecule has 0 atom stereocenters. The summed E-state index contributed by atoms with van der Waals surface area (Å²) >= 11 is 0. The first-order chi connectivity index (χ1) is 8.15. The summed E-state index contributed by atoms with van der Waals surface area (Å²) in [5, 5.41) is 0. The molecular weight excluding hydrogens is 218 g/mol. The normalized spacial score (nSPS) is 15.3. The lowest BCUT2D eigenvalue weighted by molar-refractivity contribution is 0.0599. The van der Waals surface area contributed by atoms with Gasteiger partial charge in [-0.3, -0.25) is 4.90 Å². The number of furan rings is 1. The van der Waals surface area contributed by atoms with E-state index in [0.717, 1.165) is 18.8 Å². The van der Waals surface area contributed by atoms with E-state index in [1.165, 1.54) is 20.0 Å². The van der Waals surface area contributed by atoms with Crippen molar-refractivity contribution in [3.63, 3.8) is 0 Å². The highest BCUT2D eigenvalue weighted by molar-refractivity contribution is 5.90. The molecule has 0 amide bonds. The van der Waals surface area contributed by atoms with Crippen LogP contribution in [0.2, 0.25) is 0 Å². The van der Waals surface area contributed by atoms with Gasteiger partial charge >= 0.3 is 5.97 Å². The van der Waals surface area contributed by atoms with E-state index < -0.39 is 0 Å². The Balaban J connectivity index is 2.08. The maximum Gasteiger partial charge on any atom is 0.341 e. The number of hydrogen-bond acceptors (Lipinski definition) is 4. The summed E-state index contributed by atoms with van der Waals surface area (Å²) in [7, 11) is 1.39. The number of hydrogen-bond donors (Lipinski definition) is 0. The van der Waals surface area contributed by atoms with Crippen LogP contribution in [0.15, 0.2) is 10.5 Å². The van der Waals surface area contributed by atoms with Crippen molar-refractivity contribution < 1.29 is 13.9 Å². The highest BCUT2D eigenvalue weighted by Gasteiger charge is 2.28. The van der Waals surface area contributed by atoms with E-state index in [2.05, 4.69) is 11.8 Å². The topological polar surface area (TPSA) is 42.7 Å². The van der Waals surface area contributed by atoms with Crippen molar-refractivity contribution in [3.8, 4) is 0 Å². The molecule has 1 aliphatic rings. The molecule has 1 heterocycles. The quantitative estimate of drug-likeness (QED) is 0.737. The van der Waals surface area contributed by atoms with Crippen molar-refractivity contribution in [3.05, 3.63) is 23.2 Å². The molecule has 1 aromatic rings. The summed E-state index contributed by atoms with van der Waals surface area (Å²) in [4.78, 5) is 13.8. The van der Waals surface area contributed by atoms with Gasteiger partial charge in [-0.1, -0.05) is 6.92 Å². The lowest BCUT2D eigenvalue weighted by atomic mass is 10.2. The Kier molecular flexibility index (Phi) is 3.52. The fourth-order valence-corrected chi connectivity index (χ4v) is 2.07. The van der Waals surface area contributed by atoms with Crippen molar-refractivity contribution in [2.75, 3.05) is 13.7 Å². The molecular formula is C13H19NO3. The molecule has 1 aliphatic carbocycles. The van der Waals surface area contributed by atoms with Crippen LogP contribution in [0.3, 0.4) is 0 Å². The SMILES string of the molecule is CCN(Cc1cc(C(=O)OC)c(C)o1)C1CC1. The molecule has 17 heavy (non-hydrogen) atoms. The third kappa shape index (κ3) is 2.69. The molecule has 4 heteroatoms. The Labute approximate surface area is 102 Å². The molecule has 0 saturated heterocycles. The average molecular weight is 237 g/mol. The molecule has 0 aromatic carbocycles. The van der Waals surface area contributed by atoms with Gasteiger partial charge in [0.1, 0.15) is 17.1 Å². The summed E-state index contributed by atoms with van der Waals surface area (Å²) in [5.41, 5.74) is 0.536. The number of nitrogens with zero attached hydrogens (tertiary/aromatic N) is 1. The van der Waals surface area contributed by atoms with Gasteiger partial charge < -0.3 is 9.15 Å². The molecule has 0 spiro atoms. The van der Waals surface area contributed by atoms with Crippen LogP contribution in [-0.4, -0.2) is 30.6 Å². The van der Waals surface area contributed by atoms with Gasteiger partial charge in [0, 0.05) is 6.04 Å². The molecule has 94 valence electrons. The fourth-order valence-electron chi connectivity index (χ4n) is 2.07. The van der Waals surface area contributed by atoms with Crippen molar-refractivity contribution in [1.82, 2.24) is 4.90 Å². The van der Waals surface area contributed by atoms with Crippen molar-refractivity contribution in [2.45, 2.75) is 39.3 Å². The smallest absolute Gasteiger partial charge is 0.341 e. The van der Waals surface area contributed by atoms with Crippen molar-refractivity contribution in [1.29, 1.82) is 0 Å². The number of methoxy groups -OCH3 is 1. The van der Waals surface area contributed by atoms with E-state index in [1.54, 1.807) is 13.0 Å². The van der Waals surface area contributed by atoms with Crippen LogP contribution in [0.4, 0.5) is 0 Å². The first kappa shape index (κ1) is 12.2. The summed E-state index contributed by atoms with van der Waals surface area (Å²) in [6, 6.07) is 2.50. The second kappa shape index (κ2) is 4.92. The Morgan fingerprint density at radius 3 is 2.82 bits per heavy atom. The molecule has 0 aliphatic heterocycles. The summed E-state index contributed by atoms with van der Waals surface area (Å²) in [6.07, 6.45) is 2.55. The average Bonchev–Trinajstić information content (AvgIpc) is 3.10. The Bertz CT molecular complexity index is 407. The van der Waals surface area contributed by atoms with Gasteiger partial charge in [-0.2, -0.15) is 0 Å². The number of esters is 1. The molecule has 1 fully saturated rings. The van der Waals surface area contributed by atoms with Crippen molar-refractivity contribution in [2.24, 2.45) is 0 Å². The number of ether oxygens (including phenoxy) is 1. The Morgan fingerprint density at radius 1 is 1.59 bits per heavy atom. The number of rotatable bonds is 5. The molecule has 4 nitrogen and oxygen atoms in total. The van der Waals surface area contributed by atoms with Gasteiger partial charge in [0.25, 0.3) is 0 Å². The second-order valence-corrected chi connectivity index (χ2v) is 4.47. The number of aryl methyl sites for hydroxylation is 1. The second-order valence-electron chi connectivity index (χ2n) is 4.47. The zero-order valence-electron chi connectivity index (χ0n) is 10.7. The van der Waals surface area contributed by atoms with Gasteiger partial charge in [0.05, 0.1) is 13.7 Å². The molecule has 1 aromatic heterocycles. The standard InChI is InChI=1S/C13H19NO3/c1-4-14(10-5-6-10)8-11-7-12(9(2)17-11)13(15)16-3/h7,10H,4-6,8H2,1-3H3. The van der Waals surface area contributed by atoms with E-state index in [4.69, 9.17) is 9.15 Å². The summed E-state index contributed by atoms with van der Waals surface area (Å²) in [6.45, 7) is 5.73. The van der Waals surface area contributed by atoms with Crippen LogP contribution < -0.4 is 0 Å². The minimum Gasteiger partial charge on any atom is -0.465 e. The predicted octanol–water partition coefficient (Wildman–Crippen LogP) is 2.36. The van der Waals surface area contributed by atoms with E-state index in [-0.39, 0.29) is 5.97 Å². The molecule has 0 unspecified atom stereocenters. The van der Waals surface area contributed by atoms with Gasteiger partial charge in [-0.05, 0) is 32.4 Å². The van der Waals surface area contributed by atoms with E-state index in [1.807, 2.05) is 0 Å². The Hall–Kier alpha value is -1.29. The van der Waals surface area contributed by atoms with Gasteiger partial charge in [0.2, 0.25) is 0 Å². The van der Waals surface area contributed by atoms with Crippen LogP contribution >= 0.6 is 0 Å². The van der Waals surface area contributed by atoms with Gasteiger partial charge in [-0.25, -0.2) is 4.79 Å². The van der Waals surface area contributed by atoms with Crippen LogP contribution in [0, 0.1) is 6.92 Å². The minimum atomic E-state index is -0.327. The molecule has 2 rings (SSSR count). The van der Waals surface area contributed by atoms with Crippen LogP contribution in [0.25, 0.3) is 0 Å². The highest BCUT2D eigenvalue weighted by Crippen LogP contribution is 2.28. The third-order valence-corrected chi connectivity index (χ3v) is 3.20. The lowest BCUT2D eigenvalue weighted by Crippen LogP contribution is -2.24. The molecule has 0 bridgehead atoms. The monoisotopic (exact) mass is 237 g/mol. The van der Waals surface area contributed by atoms with E-state index in [9.17, 15) is 4.79 Å². The lowest BCUT2D eigenvalue weighted by Gasteiger charge is -2.17. The zero-order valence-corrected chi connectivity index (χ0v) is 10.7. The molecule has 0 radical (unpaired) electrons. The first-order valence-electron chi connectivity index (χ1n) is 6.07. The van der Waals surface area contributed by atoms with Gasteiger partial charge in [0.15, 0.2) is 0 Å². The predicted molar refractivity (Wildman–Crippen MR) is 63.9 cm³/mol. The van der Waals surface area contributed by atoms with E-state index in [0.29, 0.717) is 17.4 Å². The largest absolute Gasteiger partial charge is 0.465 e. The first-order valence-corrected chi connectivity index (χ1v) is 6.07. The number of carbonyl (C=O) groups excluding carboxylic acids is 1. The van der Waals surface area contributed by atoms with Crippen LogP contribution in [0.1, 0.15) is 41.6 Å². The maximum atomic E-state index is 11.5. The Morgan fingerprint density at radius 2 is 2.29 bits per heavy atom. The van der Waals surface area contributed by atoms with Crippen molar-refractivity contribution >= 4 is 5.97 Å². The summed E-state index contributed by atoms with van der Waals surface area (Å²) < 4.78 is 10.3. The number of carbonyl (C=O) groups is 1. The van der Waals surface area contributed by atoms with Crippen LogP contribution in [0.5, 0.6) is 0 Å². The van der Waals surface area contributed by atoms with Crippen LogP contribution in [-0.2, 0) is 11.3 Å². The fraction of sp³-hybridized carbons (Fsp3) is 0.615.